The predicted molar refractivity (Wildman–Crippen MR) is 121 cm³/mol. The van der Waals surface area contributed by atoms with Gasteiger partial charge >= 0.3 is 0 Å². The van der Waals surface area contributed by atoms with Gasteiger partial charge in [-0.05, 0) is 51.0 Å². The third-order valence-electron chi connectivity index (χ3n) is 5.78. The van der Waals surface area contributed by atoms with Gasteiger partial charge in [-0.25, -0.2) is 4.98 Å². The van der Waals surface area contributed by atoms with Gasteiger partial charge in [0.2, 0.25) is 5.88 Å². The third kappa shape index (κ3) is 5.57. The molecule has 3 heterocycles. The van der Waals surface area contributed by atoms with Crippen LogP contribution in [0.1, 0.15) is 46.7 Å². The maximum atomic E-state index is 12.8. The van der Waals surface area contributed by atoms with Crippen LogP contribution >= 0.6 is 27.3 Å². The molecule has 0 bridgehead atoms. The largest absolute Gasteiger partial charge is 0.474 e. The van der Waals surface area contributed by atoms with Gasteiger partial charge in [0.05, 0.1) is 18.0 Å². The summed E-state index contributed by atoms with van der Waals surface area (Å²) in [5.41, 5.74) is 2.60. The number of nitrogens with zero attached hydrogens (tertiary/aromatic N) is 2. The van der Waals surface area contributed by atoms with Gasteiger partial charge in [-0.3, -0.25) is 9.59 Å². The highest BCUT2D eigenvalue weighted by Gasteiger charge is 2.28. The molecule has 0 spiro atoms. The topological polar surface area (TPSA) is 92.8 Å². The molecule has 0 radical (unpaired) electrons. The number of halogens is 2. The highest BCUT2D eigenvalue weighted by atomic mass is 79.9. The SMILES string of the molecule is O=C(N[C@@H](CC1CCCC1)C(=O)NOF)c1ccc(CN2CCOc3ncc(Br)cc32)s1. The van der Waals surface area contributed by atoms with Crippen molar-refractivity contribution in [2.24, 2.45) is 5.92 Å². The molecule has 2 aromatic heterocycles. The van der Waals surface area contributed by atoms with E-state index in [0.717, 1.165) is 40.7 Å². The molecule has 1 saturated carbocycles. The molecule has 2 aliphatic rings. The lowest BCUT2D eigenvalue weighted by molar-refractivity contribution is -0.200. The number of aromatic nitrogens is 1. The van der Waals surface area contributed by atoms with E-state index in [4.69, 9.17) is 4.74 Å². The number of thiophene rings is 1. The first-order valence-electron chi connectivity index (χ1n) is 10.5. The summed E-state index contributed by atoms with van der Waals surface area (Å²) in [4.78, 5) is 33.0. The van der Waals surface area contributed by atoms with E-state index in [0.29, 0.717) is 42.8 Å². The van der Waals surface area contributed by atoms with Crippen LogP contribution in [0.25, 0.3) is 0 Å². The molecule has 0 saturated heterocycles. The van der Waals surface area contributed by atoms with E-state index < -0.39 is 11.9 Å². The second-order valence-corrected chi connectivity index (χ2v) is 10.1. The Bertz CT molecular complexity index is 969. The second kappa shape index (κ2) is 10.6. The van der Waals surface area contributed by atoms with Crippen LogP contribution in [0.5, 0.6) is 5.88 Å². The zero-order chi connectivity index (χ0) is 22.5. The number of amides is 2. The molecule has 0 aromatic carbocycles. The van der Waals surface area contributed by atoms with E-state index in [2.05, 4.69) is 36.2 Å². The van der Waals surface area contributed by atoms with Gasteiger partial charge in [-0.1, -0.05) is 30.7 Å². The average Bonchev–Trinajstić information content (AvgIpc) is 3.46. The molecular weight excluding hydrogens is 503 g/mol. The predicted octanol–water partition coefficient (Wildman–Crippen LogP) is 3.92. The summed E-state index contributed by atoms with van der Waals surface area (Å²) < 4.78 is 18.7. The van der Waals surface area contributed by atoms with Crippen LogP contribution < -0.4 is 20.4 Å². The van der Waals surface area contributed by atoms with E-state index in [1.54, 1.807) is 17.7 Å². The first kappa shape index (κ1) is 22.9. The monoisotopic (exact) mass is 526 g/mol. The highest BCUT2D eigenvalue weighted by molar-refractivity contribution is 9.10. The smallest absolute Gasteiger partial charge is 0.268 e. The fourth-order valence-corrected chi connectivity index (χ4v) is 5.46. The number of rotatable bonds is 8. The number of hydroxylamine groups is 1. The minimum Gasteiger partial charge on any atom is -0.474 e. The van der Waals surface area contributed by atoms with Crippen LogP contribution in [0, 0.1) is 5.92 Å². The molecule has 2 aromatic rings. The first-order chi connectivity index (χ1) is 15.5. The standard InChI is InChI=1S/C21H24BrFN4O4S/c22-14-10-17-21(24-11-14)30-8-7-27(17)12-15-5-6-18(32-15)20(29)25-16(19(28)26-31-23)9-13-3-1-2-4-13/h5-6,10-11,13,16H,1-4,7-9,12H2,(H,25,29)(H,26,28)/t16-/m0/s1. The van der Waals surface area contributed by atoms with E-state index in [1.165, 1.54) is 11.3 Å². The molecule has 2 amide bonds. The summed E-state index contributed by atoms with van der Waals surface area (Å²) in [6.07, 6.45) is 6.39. The molecule has 1 aliphatic heterocycles. The normalized spacial score (nSPS) is 16.9. The Labute approximate surface area is 197 Å². The van der Waals surface area contributed by atoms with Gasteiger partial charge in [0, 0.05) is 15.5 Å². The van der Waals surface area contributed by atoms with Crippen LogP contribution in [-0.4, -0.2) is 36.0 Å². The molecule has 1 fully saturated rings. The fourth-order valence-electron chi connectivity index (χ4n) is 4.21. The van der Waals surface area contributed by atoms with Crippen LogP contribution in [-0.2, 0) is 16.4 Å². The number of ether oxygens (including phenoxy) is 1. The van der Waals surface area contributed by atoms with Gasteiger partial charge in [-0.2, -0.15) is 5.48 Å². The molecule has 8 nitrogen and oxygen atoms in total. The molecule has 4 rings (SSSR count). The molecule has 1 aliphatic carbocycles. The van der Waals surface area contributed by atoms with Crippen molar-refractivity contribution in [1.29, 1.82) is 0 Å². The van der Waals surface area contributed by atoms with Crippen molar-refractivity contribution in [3.05, 3.63) is 38.6 Å². The zero-order valence-electron chi connectivity index (χ0n) is 17.3. The quantitative estimate of drug-likeness (QED) is 0.506. The summed E-state index contributed by atoms with van der Waals surface area (Å²) in [5, 5.41) is 6.04. The molecule has 32 heavy (non-hydrogen) atoms. The van der Waals surface area contributed by atoms with Crippen LogP contribution in [0.3, 0.4) is 0 Å². The number of carbonyl (C=O) groups is 2. The Balaban J connectivity index is 1.41. The van der Waals surface area contributed by atoms with E-state index in [-0.39, 0.29) is 5.91 Å². The fraction of sp³-hybridized carbons (Fsp3) is 0.476. The van der Waals surface area contributed by atoms with Crippen LogP contribution in [0.2, 0.25) is 0 Å². The lowest BCUT2D eigenvalue weighted by Gasteiger charge is -2.30. The van der Waals surface area contributed by atoms with Gasteiger partial charge in [0.1, 0.15) is 18.3 Å². The van der Waals surface area contributed by atoms with E-state index in [1.807, 2.05) is 12.1 Å². The van der Waals surface area contributed by atoms with Crippen molar-refractivity contribution in [3.8, 4) is 5.88 Å². The lowest BCUT2D eigenvalue weighted by Crippen LogP contribution is -2.46. The molecule has 1 atom stereocenters. The van der Waals surface area contributed by atoms with Crippen molar-refractivity contribution in [3.63, 3.8) is 0 Å². The zero-order valence-corrected chi connectivity index (χ0v) is 19.7. The first-order valence-corrected chi connectivity index (χ1v) is 12.1. The van der Waals surface area contributed by atoms with Gasteiger partial charge in [-0.15, -0.1) is 11.3 Å². The Hall–Kier alpha value is -2.24. The van der Waals surface area contributed by atoms with E-state index >= 15 is 0 Å². The van der Waals surface area contributed by atoms with Crippen molar-refractivity contribution in [2.45, 2.75) is 44.7 Å². The minimum atomic E-state index is -0.846. The van der Waals surface area contributed by atoms with Crippen molar-refractivity contribution >= 4 is 44.8 Å². The number of anilines is 1. The molecular formula is C21H24BrFN4O4S. The number of hydrogen-bond acceptors (Lipinski definition) is 7. The Morgan fingerprint density at radius 3 is 2.97 bits per heavy atom. The maximum Gasteiger partial charge on any atom is 0.268 e. The number of hydrogen-bond donors (Lipinski definition) is 2. The summed E-state index contributed by atoms with van der Waals surface area (Å²) in [6, 6.07) is 4.76. The van der Waals surface area contributed by atoms with Crippen LogP contribution in [0.4, 0.5) is 10.2 Å². The van der Waals surface area contributed by atoms with Crippen molar-refractivity contribution in [2.75, 3.05) is 18.1 Å². The Kier molecular flexibility index (Phi) is 7.59. The van der Waals surface area contributed by atoms with Gasteiger partial charge in [0.25, 0.3) is 11.8 Å². The number of carbonyl (C=O) groups excluding carboxylic acids is 2. The Morgan fingerprint density at radius 2 is 2.19 bits per heavy atom. The third-order valence-corrected chi connectivity index (χ3v) is 7.28. The average molecular weight is 527 g/mol. The second-order valence-electron chi connectivity index (χ2n) is 7.97. The van der Waals surface area contributed by atoms with Crippen molar-refractivity contribution in [1.82, 2.24) is 15.8 Å². The van der Waals surface area contributed by atoms with E-state index in [9.17, 15) is 14.1 Å². The maximum absolute atomic E-state index is 12.8. The summed E-state index contributed by atoms with van der Waals surface area (Å²) >= 11 is 4.80. The number of pyridine rings is 1. The minimum absolute atomic E-state index is 0.332. The Morgan fingerprint density at radius 1 is 1.38 bits per heavy atom. The van der Waals surface area contributed by atoms with Gasteiger partial charge < -0.3 is 15.0 Å². The molecule has 2 N–H and O–H groups in total. The summed E-state index contributed by atoms with van der Waals surface area (Å²) in [7, 11) is 0. The lowest BCUT2D eigenvalue weighted by atomic mass is 9.98. The molecule has 0 unspecified atom stereocenters. The number of nitrogens with one attached hydrogen (secondary N) is 2. The summed E-state index contributed by atoms with van der Waals surface area (Å²) in [6.45, 7) is 1.85. The van der Waals surface area contributed by atoms with Gasteiger partial charge in [0.15, 0.2) is 0 Å². The molecule has 11 heteroatoms. The number of fused-ring (bicyclic) bond motifs is 1. The summed E-state index contributed by atoms with van der Waals surface area (Å²) in [5.74, 6) is -0.124. The van der Waals surface area contributed by atoms with Crippen LogP contribution in [0.15, 0.2) is 28.9 Å². The van der Waals surface area contributed by atoms with Crippen molar-refractivity contribution < 1.29 is 23.9 Å². The highest BCUT2D eigenvalue weighted by Crippen LogP contribution is 2.34. The molecule has 172 valence electrons.